The second-order valence-corrected chi connectivity index (χ2v) is 5.50. The Bertz CT molecular complexity index is 743. The van der Waals surface area contributed by atoms with Crippen molar-refractivity contribution in [3.8, 4) is 5.95 Å². The van der Waals surface area contributed by atoms with Crippen LogP contribution in [0.1, 0.15) is 45.0 Å². The molecule has 2 aromatic rings. The van der Waals surface area contributed by atoms with Gasteiger partial charge in [-0.25, -0.2) is 4.98 Å². The molecule has 0 aliphatic heterocycles. The Morgan fingerprint density at radius 1 is 1.30 bits per heavy atom. The Kier molecular flexibility index (Phi) is 5.31. The van der Waals surface area contributed by atoms with Gasteiger partial charge >= 0.3 is 0 Å². The Morgan fingerprint density at radius 2 is 2.00 bits per heavy atom. The third-order valence-corrected chi connectivity index (χ3v) is 3.78. The van der Waals surface area contributed by atoms with Gasteiger partial charge in [-0.3, -0.25) is 14.6 Å². The molecule has 0 saturated heterocycles. The van der Waals surface area contributed by atoms with Crippen LogP contribution in [0, 0.1) is 12.8 Å². The molecule has 0 aliphatic carbocycles. The number of nitrogens with zero attached hydrogens (tertiary/aromatic N) is 3. The molecule has 0 aromatic carbocycles. The van der Waals surface area contributed by atoms with E-state index < -0.39 is 0 Å². The predicted octanol–water partition coefficient (Wildman–Crippen LogP) is 2.20. The van der Waals surface area contributed by atoms with E-state index in [0.29, 0.717) is 23.9 Å². The maximum atomic E-state index is 12.3. The molecule has 7 nitrogen and oxygen atoms in total. The van der Waals surface area contributed by atoms with Crippen LogP contribution >= 0.6 is 0 Å². The second-order valence-electron chi connectivity index (χ2n) is 5.50. The lowest BCUT2D eigenvalue weighted by molar-refractivity contribution is -0.120. The number of carbonyl (C=O) groups is 1. The first kappa shape index (κ1) is 16.9. The van der Waals surface area contributed by atoms with Gasteiger partial charge in [0, 0.05) is 23.7 Å². The van der Waals surface area contributed by atoms with Crippen LogP contribution in [0.25, 0.3) is 5.95 Å². The zero-order valence-corrected chi connectivity index (χ0v) is 14.0. The van der Waals surface area contributed by atoms with E-state index in [1.54, 1.807) is 6.07 Å². The van der Waals surface area contributed by atoms with Gasteiger partial charge in [0.1, 0.15) is 5.82 Å². The van der Waals surface area contributed by atoms with Crippen LogP contribution in [0.4, 0.5) is 5.82 Å². The topological polar surface area (TPSA) is 92.7 Å². The summed E-state index contributed by atoms with van der Waals surface area (Å²) in [7, 11) is 0. The highest BCUT2D eigenvalue weighted by molar-refractivity contribution is 5.91. The maximum Gasteiger partial charge on any atom is 0.252 e. The highest BCUT2D eigenvalue weighted by Gasteiger charge is 2.18. The first-order valence-electron chi connectivity index (χ1n) is 7.96. The van der Waals surface area contributed by atoms with E-state index in [1.807, 2.05) is 27.7 Å². The lowest BCUT2D eigenvalue weighted by Crippen LogP contribution is -2.24. The molecule has 2 heterocycles. The van der Waals surface area contributed by atoms with Crippen molar-refractivity contribution in [1.29, 1.82) is 0 Å². The van der Waals surface area contributed by atoms with Crippen molar-refractivity contribution in [2.75, 3.05) is 5.32 Å². The Balaban J connectivity index is 2.40. The van der Waals surface area contributed by atoms with Gasteiger partial charge < -0.3 is 5.32 Å². The number of hydrogen-bond acceptors (Lipinski definition) is 4. The van der Waals surface area contributed by atoms with Crippen LogP contribution in [0.2, 0.25) is 0 Å². The third kappa shape index (κ3) is 3.85. The molecule has 0 fully saturated rings. The van der Waals surface area contributed by atoms with Gasteiger partial charge in [0.2, 0.25) is 11.9 Å². The van der Waals surface area contributed by atoms with Crippen molar-refractivity contribution in [2.45, 2.75) is 47.0 Å². The average Bonchev–Trinajstić information content (AvgIpc) is 2.88. The predicted molar refractivity (Wildman–Crippen MR) is 88.8 cm³/mol. The maximum absolute atomic E-state index is 12.3. The lowest BCUT2D eigenvalue weighted by Gasteiger charge is -2.13. The first-order chi connectivity index (χ1) is 11.0. The minimum Gasteiger partial charge on any atom is -0.310 e. The minimum atomic E-state index is -0.239. The number of hydrogen-bond donors (Lipinski definition) is 2. The molecule has 0 bridgehead atoms. The van der Waals surface area contributed by atoms with E-state index in [9.17, 15) is 9.59 Å². The highest BCUT2D eigenvalue weighted by Crippen LogP contribution is 2.17. The highest BCUT2D eigenvalue weighted by atomic mass is 16.2. The molecule has 1 amide bonds. The number of rotatable bonds is 6. The molecule has 2 N–H and O–H groups in total. The Labute approximate surface area is 135 Å². The van der Waals surface area contributed by atoms with Crippen molar-refractivity contribution >= 4 is 11.7 Å². The number of H-pyrrole nitrogens is 1. The number of aryl methyl sites for hydroxylation is 2. The molecular formula is C16H23N5O2. The lowest BCUT2D eigenvalue weighted by atomic mass is 10.0. The fourth-order valence-corrected chi connectivity index (χ4v) is 2.41. The SMILES string of the molecule is CCc1cc(=O)[nH]c(-n2nc(C)cc2NC(=O)C(CC)CC)n1. The summed E-state index contributed by atoms with van der Waals surface area (Å²) in [5.41, 5.74) is 1.17. The number of nitrogens with one attached hydrogen (secondary N) is 2. The number of anilines is 1. The summed E-state index contributed by atoms with van der Waals surface area (Å²) in [6.07, 6.45) is 2.19. The van der Waals surface area contributed by atoms with Crippen LogP contribution in [-0.4, -0.2) is 25.7 Å². The van der Waals surface area contributed by atoms with Crippen molar-refractivity contribution < 1.29 is 4.79 Å². The van der Waals surface area contributed by atoms with Crippen LogP contribution in [0.15, 0.2) is 16.9 Å². The summed E-state index contributed by atoms with van der Waals surface area (Å²) >= 11 is 0. The molecular weight excluding hydrogens is 294 g/mol. The standard InChI is InChI=1S/C16H23N5O2/c1-5-11(6-2)15(23)18-13-8-10(4)20-21(13)16-17-12(7-3)9-14(22)19-16/h8-9,11H,5-7H2,1-4H3,(H,18,23)(H,17,19,22). The van der Waals surface area contributed by atoms with Gasteiger partial charge in [-0.15, -0.1) is 0 Å². The third-order valence-electron chi connectivity index (χ3n) is 3.78. The largest absolute Gasteiger partial charge is 0.310 e. The number of aromatic nitrogens is 4. The molecule has 23 heavy (non-hydrogen) atoms. The molecule has 2 aromatic heterocycles. The average molecular weight is 317 g/mol. The van der Waals surface area contributed by atoms with E-state index in [2.05, 4.69) is 20.4 Å². The monoisotopic (exact) mass is 317 g/mol. The van der Waals surface area contributed by atoms with Crippen LogP contribution < -0.4 is 10.9 Å². The minimum absolute atomic E-state index is 0.0485. The number of aromatic amines is 1. The molecule has 124 valence electrons. The molecule has 0 spiro atoms. The number of amides is 1. The Hall–Kier alpha value is -2.44. The molecule has 2 rings (SSSR count). The Morgan fingerprint density at radius 3 is 2.61 bits per heavy atom. The number of carbonyl (C=O) groups excluding carboxylic acids is 1. The van der Waals surface area contributed by atoms with Gasteiger partial charge in [-0.2, -0.15) is 9.78 Å². The summed E-state index contributed by atoms with van der Waals surface area (Å²) in [5.74, 6) is 0.718. The zero-order valence-electron chi connectivity index (χ0n) is 14.0. The fourth-order valence-electron chi connectivity index (χ4n) is 2.41. The van der Waals surface area contributed by atoms with Gasteiger partial charge in [0.15, 0.2) is 0 Å². The molecule has 0 aliphatic rings. The van der Waals surface area contributed by atoms with Crippen molar-refractivity contribution in [3.63, 3.8) is 0 Å². The van der Waals surface area contributed by atoms with Gasteiger partial charge in [-0.1, -0.05) is 20.8 Å². The molecule has 0 unspecified atom stereocenters. The van der Waals surface area contributed by atoms with Crippen molar-refractivity contribution in [2.24, 2.45) is 5.92 Å². The van der Waals surface area contributed by atoms with E-state index in [1.165, 1.54) is 10.7 Å². The van der Waals surface area contributed by atoms with Crippen molar-refractivity contribution in [1.82, 2.24) is 19.7 Å². The van der Waals surface area contributed by atoms with E-state index in [-0.39, 0.29) is 17.4 Å². The van der Waals surface area contributed by atoms with E-state index >= 15 is 0 Å². The van der Waals surface area contributed by atoms with Crippen LogP contribution in [-0.2, 0) is 11.2 Å². The first-order valence-corrected chi connectivity index (χ1v) is 7.96. The fraction of sp³-hybridized carbons (Fsp3) is 0.500. The quantitative estimate of drug-likeness (QED) is 0.854. The summed E-state index contributed by atoms with van der Waals surface area (Å²) < 4.78 is 1.47. The van der Waals surface area contributed by atoms with Crippen LogP contribution in [0.3, 0.4) is 0 Å². The zero-order chi connectivity index (χ0) is 17.0. The molecule has 0 saturated carbocycles. The van der Waals surface area contributed by atoms with E-state index in [0.717, 1.165) is 18.5 Å². The second kappa shape index (κ2) is 7.21. The van der Waals surface area contributed by atoms with Gasteiger partial charge in [0.25, 0.3) is 5.56 Å². The summed E-state index contributed by atoms with van der Waals surface area (Å²) in [5, 5.41) is 7.22. The molecule has 7 heteroatoms. The smallest absolute Gasteiger partial charge is 0.252 e. The normalized spacial score (nSPS) is 11.0. The van der Waals surface area contributed by atoms with Crippen LogP contribution in [0.5, 0.6) is 0 Å². The van der Waals surface area contributed by atoms with Gasteiger partial charge in [0.05, 0.1) is 5.69 Å². The molecule has 0 atom stereocenters. The van der Waals surface area contributed by atoms with Gasteiger partial charge in [-0.05, 0) is 26.2 Å². The summed E-state index contributed by atoms with van der Waals surface area (Å²) in [4.78, 5) is 31.1. The van der Waals surface area contributed by atoms with E-state index in [4.69, 9.17) is 0 Å². The summed E-state index contributed by atoms with van der Waals surface area (Å²) in [6.45, 7) is 7.72. The summed E-state index contributed by atoms with van der Waals surface area (Å²) in [6, 6.07) is 3.22. The molecule has 0 radical (unpaired) electrons. The van der Waals surface area contributed by atoms with Crippen molar-refractivity contribution in [3.05, 3.63) is 33.9 Å².